The minimum absolute atomic E-state index is 0.0799. The Hall–Kier alpha value is -0.780. The average Bonchev–Trinajstić information content (AvgIpc) is 2.27. The van der Waals surface area contributed by atoms with Crippen molar-refractivity contribution in [3.8, 4) is 5.75 Å². The second kappa shape index (κ2) is 6.97. The van der Waals surface area contributed by atoms with Gasteiger partial charge in [-0.3, -0.25) is 0 Å². The molecule has 0 saturated carbocycles. The van der Waals surface area contributed by atoms with Crippen LogP contribution in [-0.2, 0) is 10.0 Å². The van der Waals surface area contributed by atoms with Crippen LogP contribution in [0.15, 0.2) is 24.3 Å². The number of halogens is 1. The van der Waals surface area contributed by atoms with Crippen LogP contribution in [0.4, 0.5) is 0 Å². The van der Waals surface area contributed by atoms with Gasteiger partial charge in [-0.15, -0.1) is 11.6 Å². The molecule has 0 bridgehead atoms. The summed E-state index contributed by atoms with van der Waals surface area (Å²) in [6.45, 7) is 4.03. The van der Waals surface area contributed by atoms with Crippen molar-refractivity contribution >= 4 is 21.6 Å². The lowest BCUT2D eigenvalue weighted by molar-refractivity contribution is 0.287. The fourth-order valence-corrected chi connectivity index (χ4v) is 2.97. The molecule has 1 atom stereocenters. The maximum atomic E-state index is 11.4. The van der Waals surface area contributed by atoms with Crippen molar-refractivity contribution < 1.29 is 13.2 Å². The Bertz CT molecular complexity index is 459. The molecule has 1 rings (SSSR count). The number of alkyl halides is 1. The number of benzene rings is 1. The van der Waals surface area contributed by atoms with Crippen molar-refractivity contribution in [3.05, 3.63) is 29.8 Å². The van der Waals surface area contributed by atoms with E-state index in [4.69, 9.17) is 16.3 Å². The molecular formula is C12H18ClNO3S. The quantitative estimate of drug-likeness (QED) is 0.781. The van der Waals surface area contributed by atoms with E-state index < -0.39 is 10.0 Å². The monoisotopic (exact) mass is 291 g/mol. The van der Waals surface area contributed by atoms with E-state index in [-0.39, 0.29) is 24.3 Å². The smallest absolute Gasteiger partial charge is 0.213 e. The van der Waals surface area contributed by atoms with Crippen molar-refractivity contribution in [2.75, 3.05) is 18.2 Å². The van der Waals surface area contributed by atoms with Gasteiger partial charge in [0.15, 0.2) is 0 Å². The third-order valence-electron chi connectivity index (χ3n) is 2.25. The molecule has 0 aliphatic carbocycles. The normalized spacial score (nSPS) is 13.3. The standard InChI is InChI=1S/C12H18ClNO3S/c1-10-3-5-12(6-4-10)17-9-11(2)14-18(15,16)8-7-13/h3-6,11,14H,7-9H2,1-2H3. The maximum absolute atomic E-state index is 11.4. The van der Waals surface area contributed by atoms with Crippen molar-refractivity contribution in [2.24, 2.45) is 0 Å². The highest BCUT2D eigenvalue weighted by molar-refractivity contribution is 7.89. The Balaban J connectivity index is 2.42. The molecule has 6 heteroatoms. The van der Waals surface area contributed by atoms with E-state index in [1.54, 1.807) is 6.92 Å². The van der Waals surface area contributed by atoms with Gasteiger partial charge in [-0.2, -0.15) is 0 Å². The molecule has 102 valence electrons. The van der Waals surface area contributed by atoms with E-state index in [2.05, 4.69) is 4.72 Å². The van der Waals surface area contributed by atoms with Gasteiger partial charge in [-0.05, 0) is 26.0 Å². The van der Waals surface area contributed by atoms with E-state index in [0.29, 0.717) is 0 Å². The molecule has 0 fully saturated rings. The van der Waals surface area contributed by atoms with Gasteiger partial charge in [0.1, 0.15) is 12.4 Å². The molecule has 0 heterocycles. The van der Waals surface area contributed by atoms with Gasteiger partial charge in [-0.1, -0.05) is 17.7 Å². The topological polar surface area (TPSA) is 55.4 Å². The summed E-state index contributed by atoms with van der Waals surface area (Å²) in [6, 6.07) is 7.31. The highest BCUT2D eigenvalue weighted by Crippen LogP contribution is 2.11. The van der Waals surface area contributed by atoms with Gasteiger partial charge in [0.2, 0.25) is 10.0 Å². The lowest BCUT2D eigenvalue weighted by Crippen LogP contribution is -2.38. The van der Waals surface area contributed by atoms with E-state index >= 15 is 0 Å². The molecule has 1 N–H and O–H groups in total. The molecular weight excluding hydrogens is 274 g/mol. The first-order valence-corrected chi connectivity index (χ1v) is 7.87. The number of sulfonamides is 1. The number of hydrogen-bond donors (Lipinski definition) is 1. The van der Waals surface area contributed by atoms with Crippen LogP contribution in [0.25, 0.3) is 0 Å². The molecule has 0 radical (unpaired) electrons. The Labute approximate surface area is 113 Å². The highest BCUT2D eigenvalue weighted by atomic mass is 35.5. The van der Waals surface area contributed by atoms with Gasteiger partial charge in [0, 0.05) is 5.88 Å². The van der Waals surface area contributed by atoms with Crippen LogP contribution in [0.1, 0.15) is 12.5 Å². The largest absolute Gasteiger partial charge is 0.492 e. The first-order valence-electron chi connectivity index (χ1n) is 5.68. The van der Waals surface area contributed by atoms with E-state index in [1.165, 1.54) is 0 Å². The molecule has 0 spiro atoms. The molecule has 1 aromatic carbocycles. The van der Waals surface area contributed by atoms with Crippen LogP contribution >= 0.6 is 11.6 Å². The Morgan fingerprint density at radius 1 is 1.33 bits per heavy atom. The molecule has 18 heavy (non-hydrogen) atoms. The van der Waals surface area contributed by atoms with Gasteiger partial charge < -0.3 is 4.74 Å². The highest BCUT2D eigenvalue weighted by Gasteiger charge is 2.13. The van der Waals surface area contributed by atoms with Crippen LogP contribution in [0.5, 0.6) is 5.75 Å². The summed E-state index contributed by atoms with van der Waals surface area (Å²) in [7, 11) is -3.30. The molecule has 0 aliphatic heterocycles. The van der Waals surface area contributed by atoms with Crippen LogP contribution in [-0.4, -0.2) is 32.7 Å². The van der Waals surface area contributed by atoms with Crippen LogP contribution in [0.3, 0.4) is 0 Å². The third kappa shape index (κ3) is 5.71. The van der Waals surface area contributed by atoms with E-state index in [1.807, 2.05) is 31.2 Å². The Kier molecular flexibility index (Phi) is 5.91. The second-order valence-electron chi connectivity index (χ2n) is 4.15. The molecule has 0 aliphatic rings. The van der Waals surface area contributed by atoms with Gasteiger partial charge in [-0.25, -0.2) is 13.1 Å². The second-order valence-corrected chi connectivity index (χ2v) is 6.40. The molecule has 4 nitrogen and oxygen atoms in total. The van der Waals surface area contributed by atoms with Gasteiger partial charge in [0.25, 0.3) is 0 Å². The van der Waals surface area contributed by atoms with Gasteiger partial charge in [0.05, 0.1) is 11.8 Å². The molecule has 1 aromatic rings. The predicted octanol–water partition coefficient (Wildman–Crippen LogP) is 1.92. The van der Waals surface area contributed by atoms with E-state index in [9.17, 15) is 8.42 Å². The fourth-order valence-electron chi connectivity index (χ4n) is 1.36. The first kappa shape index (κ1) is 15.3. The summed E-state index contributed by atoms with van der Waals surface area (Å²) < 4.78 is 30.9. The number of nitrogens with one attached hydrogen (secondary N) is 1. The fraction of sp³-hybridized carbons (Fsp3) is 0.500. The van der Waals surface area contributed by atoms with E-state index in [0.717, 1.165) is 11.3 Å². The molecule has 1 unspecified atom stereocenters. The number of hydrogen-bond acceptors (Lipinski definition) is 3. The SMILES string of the molecule is Cc1ccc(OCC(C)NS(=O)(=O)CCCl)cc1. The van der Waals surface area contributed by atoms with Gasteiger partial charge >= 0.3 is 0 Å². The minimum atomic E-state index is -3.30. The average molecular weight is 292 g/mol. The van der Waals surface area contributed by atoms with Crippen molar-refractivity contribution in [1.82, 2.24) is 4.72 Å². The Morgan fingerprint density at radius 3 is 2.50 bits per heavy atom. The summed E-state index contributed by atoms with van der Waals surface area (Å²) in [4.78, 5) is 0. The zero-order valence-electron chi connectivity index (χ0n) is 10.5. The summed E-state index contributed by atoms with van der Waals surface area (Å²) in [5.41, 5.74) is 1.15. The predicted molar refractivity (Wildman–Crippen MR) is 73.8 cm³/mol. The van der Waals surface area contributed by atoms with Crippen molar-refractivity contribution in [3.63, 3.8) is 0 Å². The lowest BCUT2D eigenvalue weighted by atomic mass is 10.2. The summed E-state index contributed by atoms with van der Waals surface area (Å²) in [6.07, 6.45) is 0. The summed E-state index contributed by atoms with van der Waals surface area (Å²) in [5.74, 6) is 0.730. The Morgan fingerprint density at radius 2 is 1.94 bits per heavy atom. The van der Waals surface area contributed by atoms with Crippen molar-refractivity contribution in [2.45, 2.75) is 19.9 Å². The van der Waals surface area contributed by atoms with Crippen LogP contribution in [0, 0.1) is 6.92 Å². The zero-order chi connectivity index (χ0) is 13.6. The molecule has 0 aromatic heterocycles. The first-order chi connectivity index (χ1) is 8.43. The van der Waals surface area contributed by atoms with Crippen LogP contribution in [0.2, 0.25) is 0 Å². The molecule has 0 amide bonds. The summed E-state index contributed by atoms with van der Waals surface area (Å²) in [5, 5.41) is 0. The third-order valence-corrected chi connectivity index (χ3v) is 4.16. The summed E-state index contributed by atoms with van der Waals surface area (Å²) >= 11 is 5.41. The number of rotatable bonds is 7. The number of ether oxygens (including phenoxy) is 1. The zero-order valence-corrected chi connectivity index (χ0v) is 12.1. The molecule has 0 saturated heterocycles. The minimum Gasteiger partial charge on any atom is -0.492 e. The van der Waals surface area contributed by atoms with Crippen LogP contribution < -0.4 is 9.46 Å². The maximum Gasteiger partial charge on any atom is 0.213 e. The van der Waals surface area contributed by atoms with Crippen molar-refractivity contribution in [1.29, 1.82) is 0 Å². The number of aryl methyl sites for hydroxylation is 1. The lowest BCUT2D eigenvalue weighted by Gasteiger charge is -2.14.